The number of carbonyl (C=O) groups is 3. The molecule has 1 aliphatic carbocycles. The number of Topliss-reactive ketones (excluding diaryl/α,β-unsaturated/α-hetero) is 1. The number of hydrogen-bond acceptors (Lipinski definition) is 5. The minimum Gasteiger partial charge on any atom is -0.369 e. The third-order valence-corrected chi connectivity index (χ3v) is 7.26. The van der Waals surface area contributed by atoms with Crippen LogP contribution in [-0.2, 0) is 16.0 Å². The van der Waals surface area contributed by atoms with Crippen LogP contribution in [0.1, 0.15) is 65.9 Å². The topological polar surface area (TPSA) is 81.8 Å². The summed E-state index contributed by atoms with van der Waals surface area (Å²) >= 11 is 0. The van der Waals surface area contributed by atoms with Gasteiger partial charge in [-0.2, -0.15) is 0 Å². The highest BCUT2D eigenvalue weighted by molar-refractivity contribution is 5.98. The molecule has 0 saturated carbocycles. The van der Waals surface area contributed by atoms with Crippen molar-refractivity contribution in [3.8, 4) is 0 Å². The predicted octanol–water partition coefficient (Wildman–Crippen LogP) is 4.34. The van der Waals surface area contributed by atoms with Crippen molar-refractivity contribution in [3.05, 3.63) is 47.3 Å². The largest absolute Gasteiger partial charge is 0.369 e. The lowest BCUT2D eigenvalue weighted by Gasteiger charge is -2.40. The van der Waals surface area contributed by atoms with Crippen molar-refractivity contribution in [1.82, 2.24) is 20.4 Å². The highest BCUT2D eigenvalue weighted by Crippen LogP contribution is 2.36. The molecule has 1 aromatic carbocycles. The lowest BCUT2D eigenvalue weighted by atomic mass is 9.76. The maximum Gasteiger partial charge on any atom is 0.319 e. The summed E-state index contributed by atoms with van der Waals surface area (Å²) in [5, 5.41) is 6.49. The second-order valence-corrected chi connectivity index (χ2v) is 11.4. The molecule has 3 rings (SSSR count). The van der Waals surface area contributed by atoms with Gasteiger partial charge in [0, 0.05) is 42.7 Å². The summed E-state index contributed by atoms with van der Waals surface area (Å²) in [6, 6.07) is 10.2. The van der Waals surface area contributed by atoms with E-state index in [1.165, 1.54) is 5.56 Å². The summed E-state index contributed by atoms with van der Waals surface area (Å²) in [6.07, 6.45) is 5.22. The third-order valence-electron chi connectivity index (χ3n) is 7.26. The van der Waals surface area contributed by atoms with E-state index in [0.717, 1.165) is 56.3 Å². The minimum atomic E-state index is -0.326. The summed E-state index contributed by atoms with van der Waals surface area (Å²) in [6.45, 7) is 12.2. The normalized spacial score (nSPS) is 22.9. The second-order valence-electron chi connectivity index (χ2n) is 11.4. The lowest BCUT2D eigenvalue weighted by molar-refractivity contribution is -0.124. The maximum atomic E-state index is 14.0. The number of carbonyl (C=O) groups excluding carboxylic acids is 3. The van der Waals surface area contributed by atoms with Gasteiger partial charge in [0.05, 0.1) is 12.4 Å². The fraction of sp³-hybridized carbons (Fsp3) is 0.621. The number of aldehydes is 1. The first-order valence-electron chi connectivity index (χ1n) is 13.5. The van der Waals surface area contributed by atoms with Crippen molar-refractivity contribution < 1.29 is 14.4 Å². The highest BCUT2D eigenvalue weighted by atomic mass is 16.2. The number of nitrogens with zero attached hydrogens (tertiary/aromatic N) is 2. The number of allylic oxidation sites excluding steroid dienone is 2. The predicted molar refractivity (Wildman–Crippen MR) is 143 cm³/mol. The van der Waals surface area contributed by atoms with Crippen LogP contribution >= 0.6 is 0 Å². The van der Waals surface area contributed by atoms with Gasteiger partial charge in [0.15, 0.2) is 5.78 Å². The van der Waals surface area contributed by atoms with Crippen LogP contribution in [0.15, 0.2) is 41.7 Å². The molecule has 0 aromatic heterocycles. The number of rotatable bonds is 9. The molecule has 7 nitrogen and oxygen atoms in total. The van der Waals surface area contributed by atoms with Crippen LogP contribution in [0.5, 0.6) is 0 Å². The van der Waals surface area contributed by atoms with Crippen molar-refractivity contribution in [2.45, 2.75) is 72.3 Å². The van der Waals surface area contributed by atoms with Gasteiger partial charge in [-0.3, -0.25) is 4.79 Å². The number of amides is 2. The Bertz CT molecular complexity index is 938. The molecule has 1 saturated heterocycles. The number of ketones is 1. The molecular formula is C29H44N4O3. The SMILES string of the molecule is CCN(CNC1=C(N2CCCC(C=O)C2)C(=O)C(CCc2ccccc2)C(C)C1)C(=O)NC(C)(C)C. The van der Waals surface area contributed by atoms with E-state index in [2.05, 4.69) is 34.6 Å². The van der Waals surface area contributed by atoms with Crippen molar-refractivity contribution >= 4 is 18.1 Å². The number of aryl methyl sites for hydroxylation is 1. The third kappa shape index (κ3) is 7.34. The van der Waals surface area contributed by atoms with Crippen LogP contribution in [0.3, 0.4) is 0 Å². The number of benzene rings is 1. The van der Waals surface area contributed by atoms with Crippen LogP contribution in [-0.4, -0.2) is 59.7 Å². The van der Waals surface area contributed by atoms with E-state index in [9.17, 15) is 14.4 Å². The Morgan fingerprint density at radius 3 is 2.58 bits per heavy atom. The van der Waals surface area contributed by atoms with E-state index in [0.29, 0.717) is 19.8 Å². The van der Waals surface area contributed by atoms with Gasteiger partial charge >= 0.3 is 6.03 Å². The van der Waals surface area contributed by atoms with E-state index < -0.39 is 0 Å². The van der Waals surface area contributed by atoms with Gasteiger partial charge in [0.25, 0.3) is 0 Å². The smallest absolute Gasteiger partial charge is 0.319 e. The standard InChI is InChI=1S/C29H44N4O3/c1-6-32(28(36)31-29(3,4)5)20-30-25-17-21(2)24(15-14-22-11-8-7-9-12-22)27(35)26(25)33-16-10-13-23(18-33)19-34/h7-9,11-12,19,21,23-24,30H,6,10,13-18,20H2,1-5H3,(H,31,36). The number of hydrogen-bond donors (Lipinski definition) is 2. The number of nitrogens with one attached hydrogen (secondary N) is 2. The molecule has 1 aliphatic heterocycles. The molecule has 198 valence electrons. The number of urea groups is 1. The van der Waals surface area contributed by atoms with E-state index >= 15 is 0 Å². The Morgan fingerprint density at radius 1 is 1.22 bits per heavy atom. The van der Waals surface area contributed by atoms with Crippen molar-refractivity contribution in [3.63, 3.8) is 0 Å². The Morgan fingerprint density at radius 2 is 1.94 bits per heavy atom. The molecule has 1 aromatic rings. The first-order valence-corrected chi connectivity index (χ1v) is 13.5. The van der Waals surface area contributed by atoms with Gasteiger partial charge < -0.3 is 25.2 Å². The molecule has 2 N–H and O–H groups in total. The molecule has 7 heteroatoms. The van der Waals surface area contributed by atoms with Crippen LogP contribution < -0.4 is 10.6 Å². The van der Waals surface area contributed by atoms with Gasteiger partial charge in [-0.25, -0.2) is 4.79 Å². The second kappa shape index (κ2) is 12.4. The Labute approximate surface area is 216 Å². The Kier molecular flexibility index (Phi) is 9.57. The van der Waals surface area contributed by atoms with Crippen LogP contribution in [0.4, 0.5) is 4.79 Å². The van der Waals surface area contributed by atoms with Crippen molar-refractivity contribution in [2.75, 3.05) is 26.3 Å². The summed E-state index contributed by atoms with van der Waals surface area (Å²) in [5.41, 5.74) is 2.55. The van der Waals surface area contributed by atoms with Crippen molar-refractivity contribution in [2.24, 2.45) is 17.8 Å². The quantitative estimate of drug-likeness (QED) is 0.393. The van der Waals surface area contributed by atoms with Crippen LogP contribution in [0.25, 0.3) is 0 Å². The van der Waals surface area contributed by atoms with Crippen LogP contribution in [0, 0.1) is 17.8 Å². The minimum absolute atomic E-state index is 0.0490. The van der Waals surface area contributed by atoms with Gasteiger partial charge in [0.2, 0.25) is 0 Å². The van der Waals surface area contributed by atoms with Gasteiger partial charge in [-0.15, -0.1) is 0 Å². The molecule has 3 atom stereocenters. The molecule has 0 spiro atoms. The van der Waals surface area contributed by atoms with Gasteiger partial charge in [-0.05, 0) is 71.3 Å². The zero-order valence-electron chi connectivity index (χ0n) is 22.7. The fourth-order valence-electron chi connectivity index (χ4n) is 5.27. The summed E-state index contributed by atoms with van der Waals surface area (Å²) in [4.78, 5) is 42.2. The first-order chi connectivity index (χ1) is 17.1. The molecule has 1 fully saturated rings. The molecule has 2 amide bonds. The van der Waals surface area contributed by atoms with Crippen LogP contribution in [0.2, 0.25) is 0 Å². The van der Waals surface area contributed by atoms with Gasteiger partial charge in [0.1, 0.15) is 6.29 Å². The average Bonchev–Trinajstić information content (AvgIpc) is 2.83. The average molecular weight is 497 g/mol. The van der Waals surface area contributed by atoms with Gasteiger partial charge in [-0.1, -0.05) is 37.3 Å². The lowest BCUT2D eigenvalue weighted by Crippen LogP contribution is -2.51. The molecular weight excluding hydrogens is 452 g/mol. The molecule has 2 aliphatic rings. The Hall–Kier alpha value is -2.83. The zero-order valence-corrected chi connectivity index (χ0v) is 22.7. The van der Waals surface area contributed by atoms with E-state index in [1.807, 2.05) is 45.9 Å². The zero-order chi connectivity index (χ0) is 26.3. The molecule has 0 radical (unpaired) electrons. The van der Waals surface area contributed by atoms with E-state index in [-0.39, 0.29) is 35.1 Å². The first kappa shape index (κ1) is 27.8. The highest BCUT2D eigenvalue weighted by Gasteiger charge is 2.38. The summed E-state index contributed by atoms with van der Waals surface area (Å²) < 4.78 is 0. The number of likely N-dealkylation sites (tertiary alicyclic amines) is 1. The monoisotopic (exact) mass is 496 g/mol. The van der Waals surface area contributed by atoms with Crippen molar-refractivity contribution in [1.29, 1.82) is 0 Å². The summed E-state index contributed by atoms with van der Waals surface area (Å²) in [7, 11) is 0. The number of piperidine rings is 1. The molecule has 36 heavy (non-hydrogen) atoms. The molecule has 3 unspecified atom stereocenters. The Balaban J connectivity index is 1.82. The molecule has 1 heterocycles. The molecule has 0 bridgehead atoms. The maximum absolute atomic E-state index is 14.0. The van der Waals surface area contributed by atoms with E-state index in [4.69, 9.17) is 0 Å². The summed E-state index contributed by atoms with van der Waals surface area (Å²) in [5.74, 6) is 0.250. The fourth-order valence-corrected chi connectivity index (χ4v) is 5.27. The van der Waals surface area contributed by atoms with E-state index in [1.54, 1.807) is 4.90 Å².